The maximum Gasteiger partial charge on any atom is 0.124 e. The number of hydrogen-bond donors (Lipinski definition) is 1. The maximum atomic E-state index is 6.27. The molecule has 2 aliphatic rings. The van der Waals surface area contributed by atoms with Crippen LogP contribution in [0.1, 0.15) is 43.7 Å². The molecule has 0 aromatic heterocycles. The van der Waals surface area contributed by atoms with Crippen molar-refractivity contribution in [2.24, 2.45) is 11.7 Å². The Morgan fingerprint density at radius 2 is 2.00 bits per heavy atom. The molecule has 2 nitrogen and oxygen atoms in total. The number of rotatable bonds is 1. The maximum absolute atomic E-state index is 6.27. The first-order valence-corrected chi connectivity index (χ1v) is 7.25. The Morgan fingerprint density at radius 3 is 2.76 bits per heavy atom. The van der Waals surface area contributed by atoms with E-state index >= 15 is 0 Å². The molecule has 1 unspecified atom stereocenters. The monoisotopic (exact) mass is 295 g/mol. The summed E-state index contributed by atoms with van der Waals surface area (Å²) in [4.78, 5) is 0. The summed E-state index contributed by atoms with van der Waals surface area (Å²) in [7, 11) is 0. The first-order chi connectivity index (χ1) is 8.24. The van der Waals surface area contributed by atoms with Gasteiger partial charge in [-0.1, -0.05) is 28.8 Å². The number of benzene rings is 1. The van der Waals surface area contributed by atoms with Gasteiger partial charge in [-0.15, -0.1) is 0 Å². The molecule has 0 bridgehead atoms. The Hall–Kier alpha value is -0.540. The SMILES string of the molecule is N[C@H]1CC(C2CCCC2)Oc2ccc(Br)cc21. The standard InChI is InChI=1S/C14H18BrNO/c15-10-5-6-13-11(7-10)12(16)8-14(17-13)9-3-1-2-4-9/h5-7,9,12,14H,1-4,8,16H2/t12-,14?/m0/s1. The third kappa shape index (κ3) is 2.23. The van der Waals surface area contributed by atoms with Gasteiger partial charge in [0.15, 0.2) is 0 Å². The zero-order valence-electron chi connectivity index (χ0n) is 9.86. The molecule has 0 amide bonds. The molecule has 17 heavy (non-hydrogen) atoms. The average molecular weight is 296 g/mol. The summed E-state index contributed by atoms with van der Waals surface area (Å²) in [5.41, 5.74) is 7.42. The van der Waals surface area contributed by atoms with Gasteiger partial charge in [-0.05, 0) is 37.0 Å². The number of ether oxygens (including phenoxy) is 1. The summed E-state index contributed by atoms with van der Waals surface area (Å²) in [6.07, 6.45) is 6.63. The lowest BCUT2D eigenvalue weighted by Gasteiger charge is -2.33. The summed E-state index contributed by atoms with van der Waals surface area (Å²) in [6.45, 7) is 0. The summed E-state index contributed by atoms with van der Waals surface area (Å²) in [6, 6.07) is 6.29. The van der Waals surface area contributed by atoms with Gasteiger partial charge in [0.25, 0.3) is 0 Å². The lowest BCUT2D eigenvalue weighted by Crippen LogP contribution is -2.34. The highest BCUT2D eigenvalue weighted by atomic mass is 79.9. The molecule has 92 valence electrons. The lowest BCUT2D eigenvalue weighted by molar-refractivity contribution is 0.102. The van der Waals surface area contributed by atoms with Gasteiger partial charge in [-0.25, -0.2) is 0 Å². The summed E-state index contributed by atoms with van der Waals surface area (Å²) < 4.78 is 7.22. The number of halogens is 1. The van der Waals surface area contributed by atoms with Crippen LogP contribution in [0.5, 0.6) is 5.75 Å². The van der Waals surface area contributed by atoms with Crippen LogP contribution in [0.4, 0.5) is 0 Å². The highest BCUT2D eigenvalue weighted by Crippen LogP contribution is 2.40. The molecule has 1 aromatic carbocycles. The second-order valence-electron chi connectivity index (χ2n) is 5.23. The van der Waals surface area contributed by atoms with Crippen LogP contribution in [0, 0.1) is 5.92 Å². The third-order valence-electron chi connectivity index (χ3n) is 4.06. The molecule has 1 fully saturated rings. The van der Waals surface area contributed by atoms with Crippen LogP contribution in [0.2, 0.25) is 0 Å². The molecular weight excluding hydrogens is 278 g/mol. The minimum Gasteiger partial charge on any atom is -0.490 e. The molecular formula is C14H18BrNO. The summed E-state index contributed by atoms with van der Waals surface area (Å²) in [5.74, 6) is 1.71. The first kappa shape index (κ1) is 11.5. The molecule has 3 heteroatoms. The molecule has 1 aliphatic heterocycles. The molecule has 3 rings (SSSR count). The normalized spacial score (nSPS) is 28.8. The van der Waals surface area contributed by atoms with Gasteiger partial charge in [-0.3, -0.25) is 0 Å². The van der Waals surface area contributed by atoms with Crippen LogP contribution in [-0.2, 0) is 0 Å². The van der Waals surface area contributed by atoms with E-state index in [9.17, 15) is 0 Å². The second-order valence-corrected chi connectivity index (χ2v) is 6.14. The smallest absolute Gasteiger partial charge is 0.124 e. The molecule has 1 saturated carbocycles. The Bertz CT molecular complexity index is 415. The summed E-state index contributed by atoms with van der Waals surface area (Å²) in [5, 5.41) is 0. The van der Waals surface area contributed by atoms with Gasteiger partial charge in [0.2, 0.25) is 0 Å². The highest BCUT2D eigenvalue weighted by Gasteiger charge is 2.33. The Labute approximate surface area is 111 Å². The van der Waals surface area contributed by atoms with Crippen LogP contribution in [0.3, 0.4) is 0 Å². The zero-order valence-corrected chi connectivity index (χ0v) is 11.4. The predicted octanol–water partition coefficient (Wildman–Crippen LogP) is 3.79. The zero-order chi connectivity index (χ0) is 11.8. The van der Waals surface area contributed by atoms with Gasteiger partial charge in [-0.2, -0.15) is 0 Å². The topological polar surface area (TPSA) is 35.2 Å². The van der Waals surface area contributed by atoms with Crippen LogP contribution < -0.4 is 10.5 Å². The third-order valence-corrected chi connectivity index (χ3v) is 4.55. The minimum atomic E-state index is 0.127. The number of fused-ring (bicyclic) bond motifs is 1. The summed E-state index contributed by atoms with van der Waals surface area (Å²) >= 11 is 3.49. The molecule has 1 aromatic rings. The Kier molecular flexibility index (Phi) is 3.14. The van der Waals surface area contributed by atoms with Crippen molar-refractivity contribution < 1.29 is 4.74 Å². The van der Waals surface area contributed by atoms with E-state index in [1.807, 2.05) is 12.1 Å². The lowest BCUT2D eigenvalue weighted by atomic mass is 9.89. The van der Waals surface area contributed by atoms with E-state index in [1.165, 1.54) is 25.7 Å². The fraction of sp³-hybridized carbons (Fsp3) is 0.571. The Morgan fingerprint density at radius 1 is 1.24 bits per heavy atom. The molecule has 2 atom stereocenters. The van der Waals surface area contributed by atoms with Crippen molar-refractivity contribution in [3.63, 3.8) is 0 Å². The van der Waals surface area contributed by atoms with Crippen LogP contribution >= 0.6 is 15.9 Å². The van der Waals surface area contributed by atoms with Crippen LogP contribution in [0.25, 0.3) is 0 Å². The van der Waals surface area contributed by atoms with Gasteiger partial charge < -0.3 is 10.5 Å². The van der Waals surface area contributed by atoms with E-state index in [-0.39, 0.29) is 6.04 Å². The van der Waals surface area contributed by atoms with Gasteiger partial charge in [0.1, 0.15) is 11.9 Å². The average Bonchev–Trinajstić information content (AvgIpc) is 2.83. The molecule has 2 N–H and O–H groups in total. The van der Waals surface area contributed by atoms with Gasteiger partial charge >= 0.3 is 0 Å². The predicted molar refractivity (Wildman–Crippen MR) is 72.1 cm³/mol. The van der Waals surface area contributed by atoms with E-state index in [0.717, 1.165) is 28.1 Å². The fourth-order valence-electron chi connectivity index (χ4n) is 3.12. The van der Waals surface area contributed by atoms with E-state index in [0.29, 0.717) is 6.10 Å². The molecule has 0 radical (unpaired) electrons. The quantitative estimate of drug-likeness (QED) is 0.855. The van der Waals surface area contributed by atoms with Crippen molar-refractivity contribution in [1.29, 1.82) is 0 Å². The fourth-order valence-corrected chi connectivity index (χ4v) is 3.50. The number of hydrogen-bond acceptors (Lipinski definition) is 2. The van der Waals surface area contributed by atoms with Crippen molar-refractivity contribution in [2.75, 3.05) is 0 Å². The van der Waals surface area contributed by atoms with Crippen molar-refractivity contribution in [2.45, 2.75) is 44.2 Å². The van der Waals surface area contributed by atoms with Crippen molar-refractivity contribution in [1.82, 2.24) is 0 Å². The first-order valence-electron chi connectivity index (χ1n) is 6.46. The van der Waals surface area contributed by atoms with Crippen molar-refractivity contribution in [3.8, 4) is 5.75 Å². The van der Waals surface area contributed by atoms with Crippen molar-refractivity contribution in [3.05, 3.63) is 28.2 Å². The molecule has 1 aliphatic carbocycles. The minimum absolute atomic E-state index is 0.127. The van der Waals surface area contributed by atoms with E-state index in [2.05, 4.69) is 22.0 Å². The van der Waals surface area contributed by atoms with E-state index < -0.39 is 0 Å². The number of nitrogens with two attached hydrogens (primary N) is 1. The molecule has 0 saturated heterocycles. The largest absolute Gasteiger partial charge is 0.490 e. The molecule has 1 heterocycles. The van der Waals surface area contributed by atoms with Crippen molar-refractivity contribution >= 4 is 15.9 Å². The molecule has 0 spiro atoms. The van der Waals surface area contributed by atoms with Crippen LogP contribution in [0.15, 0.2) is 22.7 Å². The highest BCUT2D eigenvalue weighted by molar-refractivity contribution is 9.10. The van der Waals surface area contributed by atoms with E-state index in [1.54, 1.807) is 0 Å². The van der Waals surface area contributed by atoms with Gasteiger partial charge in [0, 0.05) is 22.5 Å². The van der Waals surface area contributed by atoms with E-state index in [4.69, 9.17) is 10.5 Å². The Balaban J connectivity index is 1.84. The second kappa shape index (κ2) is 4.62. The van der Waals surface area contributed by atoms with Gasteiger partial charge in [0.05, 0.1) is 0 Å². The van der Waals surface area contributed by atoms with Crippen LogP contribution in [-0.4, -0.2) is 6.10 Å².